The van der Waals surface area contributed by atoms with Gasteiger partial charge < -0.3 is 10.6 Å². The van der Waals surface area contributed by atoms with Crippen LogP contribution in [0.3, 0.4) is 0 Å². The Morgan fingerprint density at radius 1 is 1.26 bits per heavy atom. The molecule has 0 aromatic heterocycles. The predicted octanol–water partition coefficient (Wildman–Crippen LogP) is 4.01. The van der Waals surface area contributed by atoms with Gasteiger partial charge in [-0.05, 0) is 31.0 Å². The molecule has 0 saturated heterocycles. The van der Waals surface area contributed by atoms with Crippen LogP contribution in [0.4, 0.5) is 20.2 Å². The van der Waals surface area contributed by atoms with Crippen molar-refractivity contribution in [1.29, 1.82) is 0 Å². The van der Waals surface area contributed by atoms with Gasteiger partial charge in [0, 0.05) is 23.4 Å². The fourth-order valence-corrected chi connectivity index (χ4v) is 2.59. The SMILES string of the molecule is O=CNc1cc(Br)ccc1NC1CCC(F)(F)CC1. The van der Waals surface area contributed by atoms with E-state index in [2.05, 4.69) is 26.6 Å². The van der Waals surface area contributed by atoms with Crippen LogP contribution in [0.1, 0.15) is 25.7 Å². The lowest BCUT2D eigenvalue weighted by Crippen LogP contribution is -2.32. The van der Waals surface area contributed by atoms with E-state index in [0.29, 0.717) is 24.9 Å². The average Bonchev–Trinajstić information content (AvgIpc) is 2.35. The molecule has 1 aromatic carbocycles. The highest BCUT2D eigenvalue weighted by atomic mass is 79.9. The van der Waals surface area contributed by atoms with Crippen LogP contribution in [-0.4, -0.2) is 18.4 Å². The summed E-state index contributed by atoms with van der Waals surface area (Å²) in [7, 11) is 0. The minimum absolute atomic E-state index is 0.0213. The third kappa shape index (κ3) is 3.89. The molecule has 0 unspecified atom stereocenters. The van der Waals surface area contributed by atoms with Crippen LogP contribution in [0.15, 0.2) is 22.7 Å². The minimum Gasteiger partial charge on any atom is -0.381 e. The maximum absolute atomic E-state index is 13.1. The lowest BCUT2D eigenvalue weighted by Gasteiger charge is -2.30. The number of halogens is 3. The van der Waals surface area contributed by atoms with Gasteiger partial charge >= 0.3 is 0 Å². The van der Waals surface area contributed by atoms with E-state index in [1.807, 2.05) is 12.1 Å². The van der Waals surface area contributed by atoms with Crippen LogP contribution in [0.5, 0.6) is 0 Å². The molecular weight excluding hydrogens is 318 g/mol. The predicted molar refractivity (Wildman–Crippen MR) is 74.7 cm³/mol. The summed E-state index contributed by atoms with van der Waals surface area (Å²) in [5.41, 5.74) is 1.40. The van der Waals surface area contributed by atoms with Crippen molar-refractivity contribution in [3.63, 3.8) is 0 Å². The van der Waals surface area contributed by atoms with Gasteiger partial charge in [-0.3, -0.25) is 4.79 Å². The molecule has 0 atom stereocenters. The first kappa shape index (κ1) is 14.2. The zero-order chi connectivity index (χ0) is 13.9. The Kier molecular flexibility index (Phi) is 4.39. The van der Waals surface area contributed by atoms with E-state index in [1.54, 1.807) is 6.07 Å². The molecule has 6 heteroatoms. The molecule has 1 aliphatic carbocycles. The van der Waals surface area contributed by atoms with Gasteiger partial charge in [-0.15, -0.1) is 0 Å². The summed E-state index contributed by atoms with van der Waals surface area (Å²) < 4.78 is 27.0. The quantitative estimate of drug-likeness (QED) is 0.818. The van der Waals surface area contributed by atoms with Crippen molar-refractivity contribution in [3.05, 3.63) is 22.7 Å². The standard InChI is InChI=1S/C13H15BrF2N2O/c14-9-1-2-11(12(7-9)17-8-19)18-10-3-5-13(15,16)6-4-10/h1-2,7-8,10,18H,3-6H2,(H,17,19). The largest absolute Gasteiger partial charge is 0.381 e. The summed E-state index contributed by atoms with van der Waals surface area (Å²) in [6.07, 6.45) is 1.30. The Hall–Kier alpha value is -1.17. The molecule has 104 valence electrons. The highest BCUT2D eigenvalue weighted by Crippen LogP contribution is 2.35. The second-order valence-corrected chi connectivity index (χ2v) is 5.64. The van der Waals surface area contributed by atoms with Crippen molar-refractivity contribution < 1.29 is 13.6 Å². The summed E-state index contributed by atoms with van der Waals surface area (Å²) in [5, 5.41) is 5.83. The number of carbonyl (C=O) groups is 1. The normalized spacial score (nSPS) is 18.9. The Bertz CT molecular complexity index is 458. The molecule has 2 rings (SSSR count). The zero-order valence-electron chi connectivity index (χ0n) is 10.3. The number of rotatable bonds is 4. The van der Waals surface area contributed by atoms with Crippen molar-refractivity contribution in [1.82, 2.24) is 0 Å². The molecule has 1 saturated carbocycles. The molecular formula is C13H15BrF2N2O. The number of hydrogen-bond donors (Lipinski definition) is 2. The van der Waals surface area contributed by atoms with Crippen LogP contribution in [0.25, 0.3) is 0 Å². The summed E-state index contributed by atoms with van der Waals surface area (Å²) in [6, 6.07) is 5.46. The molecule has 1 aromatic rings. The van der Waals surface area contributed by atoms with E-state index in [-0.39, 0.29) is 18.9 Å². The van der Waals surface area contributed by atoms with Crippen LogP contribution < -0.4 is 10.6 Å². The fourth-order valence-electron chi connectivity index (χ4n) is 2.23. The van der Waals surface area contributed by atoms with Gasteiger partial charge in [0.1, 0.15) is 0 Å². The number of anilines is 2. The third-order valence-electron chi connectivity index (χ3n) is 3.27. The van der Waals surface area contributed by atoms with E-state index in [9.17, 15) is 13.6 Å². The first-order chi connectivity index (χ1) is 9.00. The van der Waals surface area contributed by atoms with Gasteiger partial charge in [0.15, 0.2) is 0 Å². The Labute approximate surface area is 118 Å². The molecule has 19 heavy (non-hydrogen) atoms. The molecule has 0 aliphatic heterocycles. The number of amides is 1. The van der Waals surface area contributed by atoms with E-state index in [4.69, 9.17) is 0 Å². The second-order valence-electron chi connectivity index (χ2n) is 4.73. The maximum Gasteiger partial charge on any atom is 0.248 e. The maximum atomic E-state index is 13.1. The summed E-state index contributed by atoms with van der Waals surface area (Å²) in [4.78, 5) is 10.6. The average molecular weight is 333 g/mol. The number of carbonyl (C=O) groups excluding carboxylic acids is 1. The van der Waals surface area contributed by atoms with Crippen molar-refractivity contribution in [3.8, 4) is 0 Å². The van der Waals surface area contributed by atoms with E-state index in [1.165, 1.54) is 0 Å². The smallest absolute Gasteiger partial charge is 0.248 e. The molecule has 0 radical (unpaired) electrons. The van der Waals surface area contributed by atoms with Crippen LogP contribution >= 0.6 is 15.9 Å². The molecule has 2 N–H and O–H groups in total. The number of nitrogens with one attached hydrogen (secondary N) is 2. The van der Waals surface area contributed by atoms with Gasteiger partial charge in [-0.25, -0.2) is 8.78 Å². The topological polar surface area (TPSA) is 41.1 Å². The number of benzene rings is 1. The number of alkyl halides is 2. The molecule has 0 bridgehead atoms. The lowest BCUT2D eigenvalue weighted by molar-refractivity contribution is -0.105. The number of hydrogen-bond acceptors (Lipinski definition) is 2. The Morgan fingerprint density at radius 2 is 1.95 bits per heavy atom. The van der Waals surface area contributed by atoms with Crippen LogP contribution in [0, 0.1) is 0 Å². The van der Waals surface area contributed by atoms with Crippen LogP contribution in [0.2, 0.25) is 0 Å². The zero-order valence-corrected chi connectivity index (χ0v) is 11.8. The van der Waals surface area contributed by atoms with Gasteiger partial charge in [0.25, 0.3) is 0 Å². The van der Waals surface area contributed by atoms with Gasteiger partial charge in [0.05, 0.1) is 11.4 Å². The minimum atomic E-state index is -2.53. The Morgan fingerprint density at radius 3 is 2.58 bits per heavy atom. The lowest BCUT2D eigenvalue weighted by atomic mass is 9.92. The van der Waals surface area contributed by atoms with Crippen molar-refractivity contribution in [2.45, 2.75) is 37.6 Å². The second kappa shape index (κ2) is 5.86. The highest BCUT2D eigenvalue weighted by molar-refractivity contribution is 9.10. The van der Waals surface area contributed by atoms with Crippen molar-refractivity contribution in [2.24, 2.45) is 0 Å². The molecule has 1 amide bonds. The van der Waals surface area contributed by atoms with E-state index in [0.717, 1.165) is 10.2 Å². The van der Waals surface area contributed by atoms with Crippen LogP contribution in [-0.2, 0) is 4.79 Å². The third-order valence-corrected chi connectivity index (χ3v) is 3.77. The molecule has 1 aliphatic rings. The fraction of sp³-hybridized carbons (Fsp3) is 0.462. The Balaban J connectivity index is 2.05. The van der Waals surface area contributed by atoms with Crippen molar-refractivity contribution in [2.75, 3.05) is 10.6 Å². The molecule has 3 nitrogen and oxygen atoms in total. The van der Waals surface area contributed by atoms with E-state index >= 15 is 0 Å². The molecule has 0 heterocycles. The summed E-state index contributed by atoms with van der Waals surface area (Å²) >= 11 is 3.32. The first-order valence-corrected chi connectivity index (χ1v) is 6.93. The first-order valence-electron chi connectivity index (χ1n) is 6.14. The van der Waals surface area contributed by atoms with Gasteiger partial charge in [0.2, 0.25) is 12.3 Å². The van der Waals surface area contributed by atoms with Gasteiger partial charge in [-0.2, -0.15) is 0 Å². The van der Waals surface area contributed by atoms with Crippen molar-refractivity contribution >= 4 is 33.7 Å². The molecule has 0 spiro atoms. The monoisotopic (exact) mass is 332 g/mol. The highest BCUT2D eigenvalue weighted by Gasteiger charge is 2.34. The summed E-state index contributed by atoms with van der Waals surface area (Å²) in [6.45, 7) is 0. The van der Waals surface area contributed by atoms with E-state index < -0.39 is 5.92 Å². The summed E-state index contributed by atoms with van der Waals surface area (Å²) in [5.74, 6) is -2.53. The van der Waals surface area contributed by atoms with Gasteiger partial charge in [-0.1, -0.05) is 15.9 Å². The molecule has 1 fully saturated rings.